The maximum atomic E-state index is 14.7. The van der Waals surface area contributed by atoms with Crippen molar-refractivity contribution in [3.8, 4) is 0 Å². The Morgan fingerprint density at radius 3 is 1.92 bits per heavy atom. The molecule has 3 unspecified atom stereocenters. The van der Waals surface area contributed by atoms with Gasteiger partial charge in [-0.25, -0.2) is 9.59 Å². The number of ketones is 3. The molecule has 1 saturated carbocycles. The molecule has 23 nitrogen and oxygen atoms in total. The summed E-state index contributed by atoms with van der Waals surface area (Å²) >= 11 is 0. The lowest BCUT2D eigenvalue weighted by atomic mass is 9.78. The van der Waals surface area contributed by atoms with Crippen molar-refractivity contribution in [1.29, 1.82) is 0 Å². The second kappa shape index (κ2) is 43.6. The summed E-state index contributed by atoms with van der Waals surface area (Å²) in [7, 11) is 4.50. The van der Waals surface area contributed by atoms with Gasteiger partial charge in [0.2, 0.25) is 5.79 Å². The van der Waals surface area contributed by atoms with E-state index in [2.05, 4.69) is 5.32 Å². The van der Waals surface area contributed by atoms with Gasteiger partial charge < -0.3 is 82.0 Å². The second-order valence-corrected chi connectivity index (χ2v) is 24.8. The highest BCUT2D eigenvalue weighted by molar-refractivity contribution is 6.39. The first kappa shape index (κ1) is 79.1. The van der Waals surface area contributed by atoms with Gasteiger partial charge in [0.15, 0.2) is 5.78 Å². The molecule has 2 bridgehead atoms. The Hall–Kier alpha value is -4.34. The molecule has 23 heteroatoms. The van der Waals surface area contributed by atoms with E-state index >= 15 is 0 Å². The molecule has 3 aliphatic heterocycles. The number of esters is 1. The summed E-state index contributed by atoms with van der Waals surface area (Å²) in [4.78, 5) is 86.0. The number of hydrogen-bond acceptors (Lipinski definition) is 21. The molecule has 0 aromatic carbocycles. The Bertz CT molecular complexity index is 2300. The van der Waals surface area contributed by atoms with Crippen molar-refractivity contribution >= 4 is 35.3 Å². The van der Waals surface area contributed by atoms with E-state index in [1.54, 1.807) is 48.0 Å². The number of allylic oxidation sites excluding steroid dienone is 6. The number of carbonyl (C=O) groups is 6. The number of fused-ring (bicyclic) bond motifs is 3. The van der Waals surface area contributed by atoms with E-state index in [9.17, 15) is 39.0 Å². The summed E-state index contributed by atoms with van der Waals surface area (Å²) in [6.07, 6.45) is 9.61. The van der Waals surface area contributed by atoms with Crippen LogP contribution < -0.4 is 5.32 Å². The standard InChI is InChI=1S/C68H112N2O21/c1-12-82-28-29-84-32-33-86-36-37-88-39-38-87-35-34-85-31-30-83-27-25-69-67(77)90-57-24-22-53(43-60(57)80-10)42-49(5)59-45-56(71)48(4)41-51(7)62(73)63(81-11)61(72)50(6)40-46(2)18-14-13-15-19-47(3)58(79-9)44-54-23-21-52(8)68(78,91-54)64(74)65(75)70-26-17-16-20-55(70)66(76)89-59/h13-15,18-19,41,46,48-50,52-55,57-60,62-63,73,78H,12,16-17,20-40,42-45H2,1-11H3,(H,69,77)/b15-13+,18-14+,47-19+,51-41+/t46?,48-,49-,50?,52-,53+,54+,55+,57?,58+,59+,60-,62-,63+,68-/m1/s1. The third-order valence-corrected chi connectivity index (χ3v) is 17.7. The number of aliphatic hydroxyl groups excluding tert-OH is 1. The van der Waals surface area contributed by atoms with Crippen molar-refractivity contribution in [2.75, 3.05) is 127 Å². The van der Waals surface area contributed by atoms with Gasteiger partial charge >= 0.3 is 12.1 Å². The fourth-order valence-electron chi connectivity index (χ4n) is 12.1. The lowest BCUT2D eigenvalue weighted by Crippen LogP contribution is -2.61. The minimum atomic E-state index is -2.47. The molecule has 0 spiro atoms. The van der Waals surface area contributed by atoms with Crippen molar-refractivity contribution in [3.63, 3.8) is 0 Å². The van der Waals surface area contributed by atoms with Gasteiger partial charge in [-0.05, 0) is 114 Å². The van der Waals surface area contributed by atoms with E-state index in [0.29, 0.717) is 156 Å². The number of carbonyl (C=O) groups excluding carboxylic acids is 6. The quantitative estimate of drug-likeness (QED) is 0.0293. The van der Waals surface area contributed by atoms with E-state index in [1.165, 1.54) is 12.0 Å². The highest BCUT2D eigenvalue weighted by Crippen LogP contribution is 2.38. The molecule has 15 atom stereocenters. The average Bonchev–Trinajstić information content (AvgIpc) is 1.05. The summed E-state index contributed by atoms with van der Waals surface area (Å²) in [5, 5.41) is 26.4. The van der Waals surface area contributed by atoms with Crippen LogP contribution in [0, 0.1) is 35.5 Å². The number of ether oxygens (including phenoxy) is 13. The summed E-state index contributed by atoms with van der Waals surface area (Å²) in [6, 6.07) is -1.20. The summed E-state index contributed by atoms with van der Waals surface area (Å²) < 4.78 is 74.1. The number of alkyl carbamates (subject to hydrolysis) is 1. The first-order valence-corrected chi connectivity index (χ1v) is 33.2. The minimum absolute atomic E-state index is 0.00555. The van der Waals surface area contributed by atoms with Gasteiger partial charge in [0.25, 0.3) is 11.7 Å². The topological polar surface area (TPSA) is 278 Å². The number of methoxy groups -OCH3 is 3. The molecule has 520 valence electrons. The van der Waals surface area contributed by atoms with Crippen LogP contribution in [0.1, 0.15) is 132 Å². The van der Waals surface area contributed by atoms with Crippen LogP contribution in [0.15, 0.2) is 47.6 Å². The molecule has 4 aliphatic rings. The smallest absolute Gasteiger partial charge is 0.407 e. The zero-order valence-corrected chi connectivity index (χ0v) is 56.4. The normalized spacial score (nSPS) is 32.2. The van der Waals surface area contributed by atoms with Crippen molar-refractivity contribution < 1.29 is 101 Å². The molecule has 2 saturated heterocycles. The number of Topliss-reactive ketones (excluding diaryl/α,β-unsaturated/α-hetero) is 3. The van der Waals surface area contributed by atoms with Gasteiger partial charge in [0, 0.05) is 71.6 Å². The van der Waals surface area contributed by atoms with Gasteiger partial charge in [-0.2, -0.15) is 0 Å². The predicted octanol–water partition coefficient (Wildman–Crippen LogP) is 7.05. The Balaban J connectivity index is 1.38. The lowest BCUT2D eigenvalue weighted by molar-refractivity contribution is -0.265. The third-order valence-electron chi connectivity index (χ3n) is 17.7. The molecule has 3 heterocycles. The Labute approximate surface area is 541 Å². The Kier molecular flexibility index (Phi) is 37.9. The van der Waals surface area contributed by atoms with Gasteiger partial charge in [-0.15, -0.1) is 0 Å². The van der Waals surface area contributed by atoms with Crippen LogP contribution in [-0.4, -0.2) is 232 Å². The molecule has 0 aromatic rings. The predicted molar refractivity (Wildman–Crippen MR) is 339 cm³/mol. The minimum Gasteiger partial charge on any atom is -0.460 e. The van der Waals surface area contributed by atoms with E-state index < -0.39 is 102 Å². The molecule has 1 aliphatic carbocycles. The molecular weight excluding hydrogens is 1180 g/mol. The summed E-state index contributed by atoms with van der Waals surface area (Å²) in [6.45, 7) is 21.1. The van der Waals surface area contributed by atoms with E-state index in [-0.39, 0.29) is 55.9 Å². The van der Waals surface area contributed by atoms with Gasteiger partial charge in [-0.3, -0.25) is 19.2 Å². The van der Waals surface area contributed by atoms with Gasteiger partial charge in [-0.1, -0.05) is 71.1 Å². The van der Waals surface area contributed by atoms with Crippen LogP contribution >= 0.6 is 0 Å². The maximum Gasteiger partial charge on any atom is 0.407 e. The van der Waals surface area contributed by atoms with Crippen molar-refractivity contribution in [1.82, 2.24) is 10.2 Å². The van der Waals surface area contributed by atoms with Crippen LogP contribution in [-0.2, 0) is 85.6 Å². The molecule has 91 heavy (non-hydrogen) atoms. The summed E-state index contributed by atoms with van der Waals surface area (Å²) in [5.41, 5.74) is 1.22. The molecule has 0 aromatic heterocycles. The molecule has 3 N–H and O–H groups in total. The van der Waals surface area contributed by atoms with Crippen LogP contribution in [0.5, 0.6) is 0 Å². The fraction of sp³-hybridized carbons (Fsp3) is 0.794. The number of nitrogens with one attached hydrogen (secondary N) is 1. The first-order chi connectivity index (χ1) is 43.7. The van der Waals surface area contributed by atoms with Crippen LogP contribution in [0.25, 0.3) is 0 Å². The first-order valence-electron chi connectivity index (χ1n) is 33.2. The molecule has 0 radical (unpaired) electrons. The number of rotatable bonds is 29. The number of piperidine rings is 1. The van der Waals surface area contributed by atoms with Crippen LogP contribution in [0.4, 0.5) is 4.79 Å². The maximum absolute atomic E-state index is 14.7. The molecule has 4 rings (SSSR count). The number of amides is 2. The highest BCUT2D eigenvalue weighted by Gasteiger charge is 2.53. The van der Waals surface area contributed by atoms with Gasteiger partial charge in [0.05, 0.1) is 104 Å². The van der Waals surface area contributed by atoms with Crippen LogP contribution in [0.2, 0.25) is 0 Å². The molecule has 2 amide bonds. The average molecular weight is 1290 g/mol. The monoisotopic (exact) mass is 1290 g/mol. The zero-order valence-electron chi connectivity index (χ0n) is 56.4. The zero-order chi connectivity index (χ0) is 66.7. The summed E-state index contributed by atoms with van der Waals surface area (Å²) in [5.74, 6) is -8.53. The Morgan fingerprint density at radius 2 is 1.33 bits per heavy atom. The molecule has 3 fully saturated rings. The number of nitrogens with zero attached hydrogens (tertiary/aromatic N) is 1. The largest absolute Gasteiger partial charge is 0.460 e. The third kappa shape index (κ3) is 27.5. The van der Waals surface area contributed by atoms with E-state index in [1.807, 2.05) is 58.1 Å². The lowest BCUT2D eigenvalue weighted by Gasteiger charge is -2.42. The fourth-order valence-corrected chi connectivity index (χ4v) is 12.1. The number of cyclic esters (lactones) is 1. The van der Waals surface area contributed by atoms with Crippen molar-refractivity contribution in [2.24, 2.45) is 35.5 Å². The second-order valence-electron chi connectivity index (χ2n) is 24.8. The van der Waals surface area contributed by atoms with Crippen molar-refractivity contribution in [3.05, 3.63) is 47.6 Å². The highest BCUT2D eigenvalue weighted by atomic mass is 16.6. The van der Waals surface area contributed by atoms with E-state index in [4.69, 9.17) is 61.6 Å². The number of aliphatic hydroxyl groups is 2. The van der Waals surface area contributed by atoms with Crippen molar-refractivity contribution in [2.45, 2.75) is 187 Å². The van der Waals surface area contributed by atoms with Gasteiger partial charge in [0.1, 0.15) is 36.2 Å². The van der Waals surface area contributed by atoms with E-state index in [0.717, 1.165) is 5.57 Å². The van der Waals surface area contributed by atoms with Crippen LogP contribution in [0.3, 0.4) is 0 Å². The Morgan fingerprint density at radius 1 is 0.714 bits per heavy atom. The molecular formula is C68H112N2O21. The SMILES string of the molecule is CCOCCOCCOCCOCCOCCOCCOCCNC(=O)OC1CC[C@@H](C[C@@H](C)[C@@H]2CC(=O)[C@H](C)/C=C(\C)[C@@H](O)[C@@H](OC)C(=O)C(C)CC(C)/C=C/C=C/C=C(\C)[C@@H](OC)C[C@@H]3CC[C@@H](C)[C@@](O)(O3)C(=O)C(=O)N3CCCC[C@H]3C(=O)O2)C[C@H]1OC. The number of hydrogen-bond donors (Lipinski definition) is 3.